The molecule has 1 heterocycles. The summed E-state index contributed by atoms with van der Waals surface area (Å²) in [7, 11) is 0. The van der Waals surface area contributed by atoms with E-state index in [0.717, 1.165) is 11.3 Å². The smallest absolute Gasteiger partial charge is 0.339 e. The van der Waals surface area contributed by atoms with Crippen molar-refractivity contribution in [3.8, 4) is 0 Å². The van der Waals surface area contributed by atoms with Gasteiger partial charge in [0.1, 0.15) is 11.9 Å². The second kappa shape index (κ2) is 5.67. The van der Waals surface area contributed by atoms with Gasteiger partial charge in [0.25, 0.3) is 0 Å². The Kier molecular flexibility index (Phi) is 3.97. The third kappa shape index (κ3) is 3.00. The number of benzene rings is 1. The van der Waals surface area contributed by atoms with Crippen molar-refractivity contribution < 1.29 is 9.90 Å². The number of rotatable bonds is 4. The normalized spacial score (nSPS) is 10.2. The molecule has 0 aliphatic heterocycles. The number of nitrogens with one attached hydrogen (secondary N) is 1. The summed E-state index contributed by atoms with van der Waals surface area (Å²) in [6.45, 7) is 2.19. The SMILES string of the molecule is Cc1c(Cl)cccc1NCc1ncncc1C(=O)O. The van der Waals surface area contributed by atoms with Crippen LogP contribution in [0.4, 0.5) is 5.69 Å². The van der Waals surface area contributed by atoms with Gasteiger partial charge in [0.15, 0.2) is 0 Å². The number of anilines is 1. The van der Waals surface area contributed by atoms with Gasteiger partial charge in [0, 0.05) is 16.9 Å². The average Bonchev–Trinajstić information content (AvgIpc) is 2.40. The van der Waals surface area contributed by atoms with Crippen LogP contribution in [-0.4, -0.2) is 21.0 Å². The fourth-order valence-electron chi connectivity index (χ4n) is 1.65. The molecule has 1 aromatic heterocycles. The van der Waals surface area contributed by atoms with Gasteiger partial charge in [-0.05, 0) is 24.6 Å². The van der Waals surface area contributed by atoms with Crippen LogP contribution in [0.25, 0.3) is 0 Å². The van der Waals surface area contributed by atoms with Crippen molar-refractivity contribution in [1.29, 1.82) is 0 Å². The number of hydrogen-bond donors (Lipinski definition) is 2. The molecule has 0 fully saturated rings. The molecule has 6 heteroatoms. The molecule has 0 bridgehead atoms. The maximum absolute atomic E-state index is 11.0. The second-order valence-electron chi connectivity index (χ2n) is 3.95. The van der Waals surface area contributed by atoms with Gasteiger partial charge in [-0.3, -0.25) is 0 Å². The summed E-state index contributed by atoms with van der Waals surface area (Å²) < 4.78 is 0. The largest absolute Gasteiger partial charge is 0.478 e. The van der Waals surface area contributed by atoms with Crippen LogP contribution in [-0.2, 0) is 6.54 Å². The minimum absolute atomic E-state index is 0.0923. The molecule has 0 saturated heterocycles. The predicted octanol–water partition coefficient (Wildman–Crippen LogP) is 2.75. The Balaban J connectivity index is 2.19. The number of carbonyl (C=O) groups is 1. The molecule has 0 atom stereocenters. The number of halogens is 1. The minimum atomic E-state index is -1.04. The van der Waals surface area contributed by atoms with E-state index in [1.54, 1.807) is 6.07 Å². The van der Waals surface area contributed by atoms with E-state index in [4.69, 9.17) is 16.7 Å². The van der Waals surface area contributed by atoms with Crippen molar-refractivity contribution >= 4 is 23.3 Å². The first-order valence-electron chi connectivity index (χ1n) is 5.60. The fraction of sp³-hybridized carbons (Fsp3) is 0.154. The third-order valence-electron chi connectivity index (χ3n) is 2.74. The van der Waals surface area contributed by atoms with Crippen LogP contribution in [0.2, 0.25) is 5.02 Å². The van der Waals surface area contributed by atoms with Crippen molar-refractivity contribution in [2.45, 2.75) is 13.5 Å². The summed E-state index contributed by atoms with van der Waals surface area (Å²) in [5.41, 5.74) is 2.29. The number of carboxylic acid groups (broad SMARTS) is 1. The minimum Gasteiger partial charge on any atom is -0.478 e. The predicted molar refractivity (Wildman–Crippen MR) is 72.5 cm³/mol. The number of hydrogen-bond acceptors (Lipinski definition) is 4. The zero-order chi connectivity index (χ0) is 13.8. The molecule has 2 aromatic rings. The lowest BCUT2D eigenvalue weighted by atomic mass is 10.2. The topological polar surface area (TPSA) is 75.1 Å². The number of aromatic carboxylic acids is 1. The van der Waals surface area contributed by atoms with Gasteiger partial charge in [-0.25, -0.2) is 14.8 Å². The lowest BCUT2D eigenvalue weighted by molar-refractivity contribution is 0.0694. The van der Waals surface area contributed by atoms with Gasteiger partial charge >= 0.3 is 5.97 Å². The standard InChI is InChI=1S/C13H12ClN3O2/c1-8-10(14)3-2-4-11(8)16-6-12-9(13(18)19)5-15-7-17-12/h2-5,7,16H,6H2,1H3,(H,18,19). The van der Waals surface area contributed by atoms with Crippen LogP contribution in [0, 0.1) is 6.92 Å². The number of aromatic nitrogens is 2. The highest BCUT2D eigenvalue weighted by Gasteiger charge is 2.11. The molecule has 98 valence electrons. The molecule has 0 aliphatic rings. The van der Waals surface area contributed by atoms with Crippen LogP contribution in [0.3, 0.4) is 0 Å². The Bertz CT molecular complexity index is 617. The zero-order valence-electron chi connectivity index (χ0n) is 10.2. The summed E-state index contributed by atoms with van der Waals surface area (Å²) in [6, 6.07) is 5.51. The van der Waals surface area contributed by atoms with Gasteiger partial charge in [0.2, 0.25) is 0 Å². The molecule has 1 aromatic carbocycles. The van der Waals surface area contributed by atoms with E-state index < -0.39 is 5.97 Å². The molecule has 0 radical (unpaired) electrons. The van der Waals surface area contributed by atoms with Crippen molar-refractivity contribution in [3.63, 3.8) is 0 Å². The molecule has 0 spiro atoms. The summed E-state index contributed by atoms with van der Waals surface area (Å²) >= 11 is 6.02. The Hall–Kier alpha value is -2.14. The highest BCUT2D eigenvalue weighted by molar-refractivity contribution is 6.31. The highest BCUT2D eigenvalue weighted by atomic mass is 35.5. The van der Waals surface area contributed by atoms with E-state index in [2.05, 4.69) is 15.3 Å². The maximum atomic E-state index is 11.0. The van der Waals surface area contributed by atoms with Crippen LogP contribution >= 0.6 is 11.6 Å². The van der Waals surface area contributed by atoms with E-state index in [-0.39, 0.29) is 5.56 Å². The molecular formula is C13H12ClN3O2. The summed E-state index contributed by atoms with van der Waals surface area (Å²) in [6.07, 6.45) is 2.62. The first-order chi connectivity index (χ1) is 9.09. The Labute approximate surface area is 115 Å². The van der Waals surface area contributed by atoms with Crippen molar-refractivity contribution in [3.05, 3.63) is 52.6 Å². The molecule has 19 heavy (non-hydrogen) atoms. The van der Waals surface area contributed by atoms with Gasteiger partial charge in [-0.15, -0.1) is 0 Å². The van der Waals surface area contributed by atoms with Crippen LogP contribution in [0.15, 0.2) is 30.7 Å². The van der Waals surface area contributed by atoms with Gasteiger partial charge < -0.3 is 10.4 Å². The lowest BCUT2D eigenvalue weighted by Crippen LogP contribution is -2.10. The first kappa shape index (κ1) is 13.3. The highest BCUT2D eigenvalue weighted by Crippen LogP contribution is 2.23. The van der Waals surface area contributed by atoms with Crippen LogP contribution < -0.4 is 5.32 Å². The number of nitrogens with zero attached hydrogens (tertiary/aromatic N) is 2. The first-order valence-corrected chi connectivity index (χ1v) is 5.98. The van der Waals surface area contributed by atoms with Crippen molar-refractivity contribution in [1.82, 2.24) is 9.97 Å². The van der Waals surface area contributed by atoms with Gasteiger partial charge in [-0.2, -0.15) is 0 Å². The second-order valence-corrected chi connectivity index (χ2v) is 4.36. The zero-order valence-corrected chi connectivity index (χ0v) is 11.0. The van der Waals surface area contributed by atoms with E-state index in [9.17, 15) is 4.79 Å². The van der Waals surface area contributed by atoms with E-state index in [1.807, 2.05) is 19.1 Å². The van der Waals surface area contributed by atoms with Crippen molar-refractivity contribution in [2.75, 3.05) is 5.32 Å². The molecule has 0 aliphatic carbocycles. The molecule has 0 amide bonds. The van der Waals surface area contributed by atoms with Crippen molar-refractivity contribution in [2.24, 2.45) is 0 Å². The quantitative estimate of drug-likeness (QED) is 0.899. The Morgan fingerprint density at radius 3 is 3.00 bits per heavy atom. The molecule has 5 nitrogen and oxygen atoms in total. The molecule has 0 unspecified atom stereocenters. The summed E-state index contributed by atoms with van der Waals surface area (Å²) in [5.74, 6) is -1.04. The summed E-state index contributed by atoms with van der Waals surface area (Å²) in [4.78, 5) is 18.7. The average molecular weight is 278 g/mol. The lowest BCUT2D eigenvalue weighted by Gasteiger charge is -2.11. The fourth-order valence-corrected chi connectivity index (χ4v) is 1.83. The van der Waals surface area contributed by atoms with E-state index in [0.29, 0.717) is 17.3 Å². The van der Waals surface area contributed by atoms with Gasteiger partial charge in [-0.1, -0.05) is 17.7 Å². The number of carboxylic acids is 1. The third-order valence-corrected chi connectivity index (χ3v) is 3.15. The molecule has 2 N–H and O–H groups in total. The molecule has 2 rings (SSSR count). The van der Waals surface area contributed by atoms with E-state index in [1.165, 1.54) is 12.5 Å². The van der Waals surface area contributed by atoms with Crippen LogP contribution in [0.5, 0.6) is 0 Å². The Morgan fingerprint density at radius 2 is 2.26 bits per heavy atom. The summed E-state index contributed by atoms with van der Waals surface area (Å²) in [5, 5.41) is 12.8. The Morgan fingerprint density at radius 1 is 1.47 bits per heavy atom. The van der Waals surface area contributed by atoms with E-state index >= 15 is 0 Å². The maximum Gasteiger partial charge on any atom is 0.339 e. The molecular weight excluding hydrogens is 266 g/mol. The monoisotopic (exact) mass is 277 g/mol. The molecule has 0 saturated carbocycles. The van der Waals surface area contributed by atoms with Gasteiger partial charge in [0.05, 0.1) is 12.2 Å². The van der Waals surface area contributed by atoms with Crippen LogP contribution in [0.1, 0.15) is 21.6 Å².